The highest BCUT2D eigenvalue weighted by atomic mass is 32.1. The highest BCUT2D eigenvalue weighted by Crippen LogP contribution is 2.47. The third kappa shape index (κ3) is 4.47. The number of nitrogens with zero attached hydrogens (tertiary/aromatic N) is 2. The van der Waals surface area contributed by atoms with Gasteiger partial charge in [-0.1, -0.05) is 43.5 Å². The standard InChI is InChI=1S/C27H35N3O2S/c1-19-9-6-7-16-29(19)17-15-28-26(31)24-21-12-4-5-13-22(21)27(32)30(20-10-2-3-11-20)25(24)23-14-8-18-33-23/h4-5,8,12-14,18-20,24-25H,2-3,6-7,9-11,15-17H2,1H3,(H,28,31)/t19-,24-,25-/m1/s1. The number of thiophene rings is 1. The van der Waals surface area contributed by atoms with Crippen molar-refractivity contribution >= 4 is 23.2 Å². The quantitative estimate of drug-likeness (QED) is 0.656. The third-order valence-electron chi connectivity index (χ3n) is 7.85. The van der Waals surface area contributed by atoms with Gasteiger partial charge in [0, 0.05) is 35.6 Å². The molecule has 0 bridgehead atoms. The Hall–Kier alpha value is -2.18. The van der Waals surface area contributed by atoms with Crippen molar-refractivity contribution in [2.24, 2.45) is 0 Å². The molecule has 2 aliphatic heterocycles. The van der Waals surface area contributed by atoms with Gasteiger partial charge in [-0.2, -0.15) is 0 Å². The summed E-state index contributed by atoms with van der Waals surface area (Å²) >= 11 is 1.65. The number of likely N-dealkylation sites (tertiary alicyclic amines) is 1. The van der Waals surface area contributed by atoms with Crippen LogP contribution in [0.2, 0.25) is 0 Å². The van der Waals surface area contributed by atoms with E-state index in [4.69, 9.17) is 0 Å². The van der Waals surface area contributed by atoms with Crippen LogP contribution in [0.3, 0.4) is 0 Å². The van der Waals surface area contributed by atoms with E-state index in [0.717, 1.165) is 49.2 Å². The van der Waals surface area contributed by atoms with E-state index in [2.05, 4.69) is 33.5 Å². The fraction of sp³-hybridized carbons (Fsp3) is 0.556. The predicted octanol–water partition coefficient (Wildman–Crippen LogP) is 4.96. The van der Waals surface area contributed by atoms with Crippen molar-refractivity contribution in [3.63, 3.8) is 0 Å². The normalized spacial score (nSPS) is 26.4. The third-order valence-corrected chi connectivity index (χ3v) is 8.79. The highest BCUT2D eigenvalue weighted by molar-refractivity contribution is 7.10. The summed E-state index contributed by atoms with van der Waals surface area (Å²) in [6, 6.07) is 12.4. The van der Waals surface area contributed by atoms with Gasteiger partial charge in [0.05, 0.1) is 12.0 Å². The molecule has 1 aromatic carbocycles. The van der Waals surface area contributed by atoms with Gasteiger partial charge in [0.15, 0.2) is 0 Å². The molecule has 6 heteroatoms. The van der Waals surface area contributed by atoms with E-state index in [1.807, 2.05) is 30.3 Å². The van der Waals surface area contributed by atoms with Gasteiger partial charge in [-0.15, -0.1) is 11.3 Å². The summed E-state index contributed by atoms with van der Waals surface area (Å²) in [6.07, 6.45) is 8.14. The summed E-state index contributed by atoms with van der Waals surface area (Å²) in [5.74, 6) is -0.250. The van der Waals surface area contributed by atoms with Crippen molar-refractivity contribution in [3.05, 3.63) is 57.8 Å². The van der Waals surface area contributed by atoms with E-state index in [-0.39, 0.29) is 29.8 Å². The molecule has 2 amide bonds. The summed E-state index contributed by atoms with van der Waals surface area (Å²) in [5.41, 5.74) is 1.57. The zero-order chi connectivity index (χ0) is 22.8. The average Bonchev–Trinajstić information content (AvgIpc) is 3.55. The number of benzene rings is 1. The van der Waals surface area contributed by atoms with Crippen LogP contribution in [0.15, 0.2) is 41.8 Å². The molecule has 176 valence electrons. The number of nitrogens with one attached hydrogen (secondary N) is 1. The first kappa shape index (κ1) is 22.6. The highest BCUT2D eigenvalue weighted by Gasteiger charge is 2.47. The van der Waals surface area contributed by atoms with Crippen molar-refractivity contribution in [2.45, 2.75) is 75.9 Å². The maximum atomic E-state index is 13.8. The fourth-order valence-corrected chi connectivity index (χ4v) is 6.96. The molecule has 1 aliphatic carbocycles. The second kappa shape index (κ2) is 9.98. The Morgan fingerprint density at radius 2 is 1.85 bits per heavy atom. The molecule has 2 fully saturated rings. The topological polar surface area (TPSA) is 52.7 Å². The first-order chi connectivity index (χ1) is 16.1. The SMILES string of the molecule is C[C@@H]1CCCCN1CCNC(=O)[C@@H]1c2ccccc2C(=O)N(C2CCCC2)[C@@H]1c1cccs1. The molecule has 1 saturated carbocycles. The van der Waals surface area contributed by atoms with Crippen LogP contribution < -0.4 is 5.32 Å². The molecule has 0 radical (unpaired) electrons. The Bertz CT molecular complexity index is 970. The van der Waals surface area contributed by atoms with Crippen molar-refractivity contribution in [2.75, 3.05) is 19.6 Å². The molecule has 2 aromatic rings. The lowest BCUT2D eigenvalue weighted by Gasteiger charge is -2.44. The number of amides is 2. The van der Waals surface area contributed by atoms with Crippen molar-refractivity contribution in [1.29, 1.82) is 0 Å². The minimum atomic E-state index is -0.378. The van der Waals surface area contributed by atoms with Crippen LogP contribution in [0.5, 0.6) is 0 Å². The van der Waals surface area contributed by atoms with Crippen LogP contribution in [0.25, 0.3) is 0 Å². The van der Waals surface area contributed by atoms with Gasteiger partial charge in [-0.05, 0) is 62.2 Å². The first-order valence-electron chi connectivity index (χ1n) is 12.6. The maximum Gasteiger partial charge on any atom is 0.254 e. The fourth-order valence-electron chi connectivity index (χ4n) is 6.10. The number of carbonyl (C=O) groups is 2. The summed E-state index contributed by atoms with van der Waals surface area (Å²) in [7, 11) is 0. The van der Waals surface area contributed by atoms with Gasteiger partial charge in [-0.25, -0.2) is 0 Å². The van der Waals surface area contributed by atoms with Gasteiger partial charge in [0.2, 0.25) is 5.91 Å². The summed E-state index contributed by atoms with van der Waals surface area (Å²) in [6.45, 7) is 4.94. The summed E-state index contributed by atoms with van der Waals surface area (Å²) in [5, 5.41) is 5.32. The molecule has 1 N–H and O–H groups in total. The molecule has 0 unspecified atom stereocenters. The van der Waals surface area contributed by atoms with Crippen molar-refractivity contribution < 1.29 is 9.59 Å². The second-order valence-corrected chi connectivity index (χ2v) is 10.8. The molecule has 5 nitrogen and oxygen atoms in total. The Balaban J connectivity index is 1.44. The molecule has 1 saturated heterocycles. The van der Waals surface area contributed by atoms with Crippen LogP contribution in [-0.2, 0) is 4.79 Å². The van der Waals surface area contributed by atoms with E-state index >= 15 is 0 Å². The molecular formula is C27H35N3O2S. The lowest BCUT2D eigenvalue weighted by molar-refractivity contribution is -0.124. The zero-order valence-electron chi connectivity index (χ0n) is 19.5. The van der Waals surface area contributed by atoms with Gasteiger partial charge in [0.25, 0.3) is 5.91 Å². The van der Waals surface area contributed by atoms with E-state index in [9.17, 15) is 9.59 Å². The molecular weight excluding hydrogens is 430 g/mol. The van der Waals surface area contributed by atoms with Crippen molar-refractivity contribution in [3.8, 4) is 0 Å². The number of fused-ring (bicyclic) bond motifs is 1. The lowest BCUT2D eigenvalue weighted by Crippen LogP contribution is -2.51. The molecule has 3 atom stereocenters. The lowest BCUT2D eigenvalue weighted by atomic mass is 9.80. The van der Waals surface area contributed by atoms with Crippen LogP contribution >= 0.6 is 11.3 Å². The van der Waals surface area contributed by atoms with E-state index < -0.39 is 0 Å². The number of hydrogen-bond donors (Lipinski definition) is 1. The van der Waals surface area contributed by atoms with Crippen LogP contribution in [0.1, 0.15) is 84.6 Å². The Kier molecular flexibility index (Phi) is 6.84. The largest absolute Gasteiger partial charge is 0.354 e. The molecule has 1 aromatic heterocycles. The maximum absolute atomic E-state index is 13.8. The molecule has 3 aliphatic rings. The smallest absolute Gasteiger partial charge is 0.254 e. The van der Waals surface area contributed by atoms with Gasteiger partial charge >= 0.3 is 0 Å². The number of carbonyl (C=O) groups excluding carboxylic acids is 2. The molecule has 3 heterocycles. The molecule has 0 spiro atoms. The van der Waals surface area contributed by atoms with Gasteiger partial charge < -0.3 is 10.2 Å². The molecule has 5 rings (SSSR count). The zero-order valence-corrected chi connectivity index (χ0v) is 20.4. The Morgan fingerprint density at radius 1 is 1.06 bits per heavy atom. The Morgan fingerprint density at radius 3 is 2.61 bits per heavy atom. The minimum Gasteiger partial charge on any atom is -0.354 e. The predicted molar refractivity (Wildman–Crippen MR) is 133 cm³/mol. The first-order valence-corrected chi connectivity index (χ1v) is 13.5. The summed E-state index contributed by atoms with van der Waals surface area (Å²) < 4.78 is 0. The number of rotatable bonds is 6. The number of piperidine rings is 1. The monoisotopic (exact) mass is 465 g/mol. The van der Waals surface area contributed by atoms with Crippen LogP contribution in [0.4, 0.5) is 0 Å². The van der Waals surface area contributed by atoms with E-state index in [0.29, 0.717) is 18.2 Å². The number of hydrogen-bond acceptors (Lipinski definition) is 4. The minimum absolute atomic E-state index is 0.0426. The molecule has 33 heavy (non-hydrogen) atoms. The average molecular weight is 466 g/mol. The summed E-state index contributed by atoms with van der Waals surface area (Å²) in [4.78, 5) is 33.2. The van der Waals surface area contributed by atoms with E-state index in [1.54, 1.807) is 11.3 Å². The van der Waals surface area contributed by atoms with E-state index in [1.165, 1.54) is 19.3 Å². The van der Waals surface area contributed by atoms with Gasteiger partial charge in [0.1, 0.15) is 0 Å². The van der Waals surface area contributed by atoms with Gasteiger partial charge in [-0.3, -0.25) is 14.5 Å². The Labute approximate surface area is 201 Å². The van der Waals surface area contributed by atoms with Crippen molar-refractivity contribution in [1.82, 2.24) is 15.1 Å². The van der Waals surface area contributed by atoms with Crippen LogP contribution in [-0.4, -0.2) is 53.3 Å². The van der Waals surface area contributed by atoms with Crippen LogP contribution in [0, 0.1) is 0 Å². The second-order valence-electron chi connectivity index (χ2n) is 9.85.